The number of carbonyl (C=O) groups excluding carboxylic acids is 2. The Labute approximate surface area is 196 Å². The van der Waals surface area contributed by atoms with Crippen LogP contribution in [0.25, 0.3) is 0 Å². The minimum absolute atomic E-state index is 0.00647. The van der Waals surface area contributed by atoms with Crippen molar-refractivity contribution in [1.82, 2.24) is 4.90 Å². The minimum atomic E-state index is -2.15. The number of benzene rings is 1. The van der Waals surface area contributed by atoms with Gasteiger partial charge in [0.05, 0.1) is 6.10 Å². The Hall–Kier alpha value is -1.62. The van der Waals surface area contributed by atoms with Crippen LogP contribution in [0.1, 0.15) is 59.9 Å². The number of nitrogens with zero attached hydrogens (tertiary/aromatic N) is 1. The van der Waals surface area contributed by atoms with E-state index in [4.69, 9.17) is 9.16 Å². The third-order valence-corrected chi connectivity index (χ3v) is 10.6. The molecule has 1 aromatic carbocycles. The van der Waals surface area contributed by atoms with E-state index in [0.717, 1.165) is 14.9 Å². The van der Waals surface area contributed by atoms with E-state index in [1.54, 1.807) is 20.8 Å². The summed E-state index contributed by atoms with van der Waals surface area (Å²) in [5, 5.41) is -0.00647. The second-order valence-corrected chi connectivity index (χ2v) is 16.1. The van der Waals surface area contributed by atoms with Gasteiger partial charge < -0.3 is 9.16 Å². The molecule has 1 aliphatic rings. The summed E-state index contributed by atoms with van der Waals surface area (Å²) in [6, 6.07) is 6.91. The van der Waals surface area contributed by atoms with Gasteiger partial charge in [0, 0.05) is 16.5 Å². The third-order valence-electron chi connectivity index (χ3n) is 5.57. The van der Waals surface area contributed by atoms with E-state index in [9.17, 15) is 9.59 Å². The van der Waals surface area contributed by atoms with Crippen molar-refractivity contribution in [3.63, 3.8) is 0 Å². The van der Waals surface area contributed by atoms with E-state index >= 15 is 0 Å². The first-order chi connectivity index (χ1) is 14.1. The normalized spacial score (nSPS) is 20.2. The first-order valence-electron chi connectivity index (χ1n) is 10.6. The zero-order chi connectivity index (χ0) is 23.6. The van der Waals surface area contributed by atoms with Crippen molar-refractivity contribution in [2.45, 2.75) is 90.3 Å². The fraction of sp³-hybridized carbons (Fsp3) is 0.583. The van der Waals surface area contributed by atoms with Gasteiger partial charge in [-0.1, -0.05) is 54.6 Å². The second-order valence-electron chi connectivity index (χ2n) is 10.4. The Morgan fingerprint density at radius 1 is 1.19 bits per heavy atom. The van der Waals surface area contributed by atoms with Crippen LogP contribution in [0.5, 0.6) is 0 Å². The molecular formula is C24H34BrNO4Si. The summed E-state index contributed by atoms with van der Waals surface area (Å²) in [5.74, 6) is 6.02. The molecule has 2 rings (SSSR count). The van der Waals surface area contributed by atoms with Gasteiger partial charge in [0.1, 0.15) is 11.6 Å². The number of hydrogen-bond acceptors (Lipinski definition) is 4. The van der Waals surface area contributed by atoms with Crippen molar-refractivity contribution < 1.29 is 18.8 Å². The fourth-order valence-electron chi connectivity index (χ4n) is 2.95. The van der Waals surface area contributed by atoms with E-state index in [1.165, 1.54) is 0 Å². The predicted molar refractivity (Wildman–Crippen MR) is 129 cm³/mol. The summed E-state index contributed by atoms with van der Waals surface area (Å²) in [6.45, 7) is 16.2. The van der Waals surface area contributed by atoms with E-state index in [1.807, 2.05) is 24.3 Å². The Kier molecular flexibility index (Phi) is 7.84. The molecule has 0 saturated carbocycles. The maximum Gasteiger partial charge on any atom is 0.418 e. The van der Waals surface area contributed by atoms with Gasteiger partial charge in [-0.15, -0.1) is 0 Å². The molecule has 0 bridgehead atoms. The maximum absolute atomic E-state index is 13.0. The van der Waals surface area contributed by atoms with Crippen LogP contribution in [0.2, 0.25) is 18.1 Å². The number of hydrogen-bond donors (Lipinski definition) is 0. The lowest BCUT2D eigenvalue weighted by atomic mass is 9.98. The standard InChI is InChI=1S/C24H34BrNO4Si/c1-23(2,3)29-22(28)26-19(13-12-17-10-9-11-18(25)16-17)20(14-15-21(26)27)30-31(7,8)24(4,5)6/h9-11,16,19-20H,14-15H2,1-8H3/t19-,20+/m1/s1. The average molecular weight is 509 g/mol. The Morgan fingerprint density at radius 2 is 1.84 bits per heavy atom. The van der Waals surface area contributed by atoms with Gasteiger partial charge in [0.15, 0.2) is 8.32 Å². The van der Waals surface area contributed by atoms with Crippen molar-refractivity contribution in [2.75, 3.05) is 0 Å². The summed E-state index contributed by atoms with van der Waals surface area (Å²) in [5.41, 5.74) is 0.0787. The summed E-state index contributed by atoms with van der Waals surface area (Å²) >= 11 is 3.45. The molecule has 1 fully saturated rings. The molecule has 2 amide bonds. The van der Waals surface area contributed by atoms with Crippen molar-refractivity contribution in [3.05, 3.63) is 34.3 Å². The molecule has 5 nitrogen and oxygen atoms in total. The van der Waals surface area contributed by atoms with Crippen molar-refractivity contribution in [3.8, 4) is 11.8 Å². The smallest absolute Gasteiger partial charge is 0.418 e. The van der Waals surface area contributed by atoms with Gasteiger partial charge >= 0.3 is 6.09 Å². The predicted octanol–water partition coefficient (Wildman–Crippen LogP) is 6.12. The largest absolute Gasteiger partial charge is 0.443 e. The Bertz CT molecular complexity index is 889. The quantitative estimate of drug-likeness (QED) is 0.357. The number of rotatable bonds is 2. The highest BCUT2D eigenvalue weighted by molar-refractivity contribution is 9.10. The number of carbonyl (C=O) groups is 2. The molecule has 1 aromatic rings. The zero-order valence-corrected chi connectivity index (χ0v) is 22.4. The molecule has 170 valence electrons. The first-order valence-corrected chi connectivity index (χ1v) is 14.3. The minimum Gasteiger partial charge on any atom is -0.443 e. The zero-order valence-electron chi connectivity index (χ0n) is 19.8. The summed E-state index contributed by atoms with van der Waals surface area (Å²) in [7, 11) is -2.15. The lowest BCUT2D eigenvalue weighted by Gasteiger charge is -2.44. The van der Waals surface area contributed by atoms with Gasteiger partial charge in [0.2, 0.25) is 5.91 Å². The number of likely N-dealkylation sites (tertiary alicyclic amines) is 1. The van der Waals surface area contributed by atoms with Crippen molar-refractivity contribution in [2.24, 2.45) is 0 Å². The molecule has 0 aromatic heterocycles. The molecule has 0 radical (unpaired) electrons. The van der Waals surface area contributed by atoms with Gasteiger partial charge in [-0.05, 0) is 63.5 Å². The highest BCUT2D eigenvalue weighted by atomic mass is 79.9. The second kappa shape index (κ2) is 9.48. The molecule has 1 saturated heterocycles. The molecule has 0 N–H and O–H groups in total. The summed E-state index contributed by atoms with van der Waals surface area (Å²) in [6.07, 6.45) is -0.267. The van der Waals surface area contributed by atoms with E-state index in [-0.39, 0.29) is 23.5 Å². The molecule has 1 aliphatic heterocycles. The molecule has 0 spiro atoms. The van der Waals surface area contributed by atoms with Gasteiger partial charge in [-0.2, -0.15) is 0 Å². The molecule has 2 atom stereocenters. The van der Waals surface area contributed by atoms with Crippen LogP contribution in [0.4, 0.5) is 4.79 Å². The fourth-order valence-corrected chi connectivity index (χ4v) is 4.71. The van der Waals surface area contributed by atoms with E-state index in [0.29, 0.717) is 6.42 Å². The number of halogens is 1. The summed E-state index contributed by atoms with van der Waals surface area (Å²) in [4.78, 5) is 26.9. The molecular weight excluding hydrogens is 474 g/mol. The highest BCUT2D eigenvalue weighted by Gasteiger charge is 2.46. The first kappa shape index (κ1) is 25.6. The maximum atomic E-state index is 13.0. The number of imide groups is 1. The van der Waals surface area contributed by atoms with Crippen LogP contribution in [-0.4, -0.2) is 43.0 Å². The van der Waals surface area contributed by atoms with Crippen LogP contribution in [0.3, 0.4) is 0 Å². The molecule has 1 heterocycles. The third kappa shape index (κ3) is 6.93. The highest BCUT2D eigenvalue weighted by Crippen LogP contribution is 2.39. The van der Waals surface area contributed by atoms with Crippen LogP contribution in [0.15, 0.2) is 28.7 Å². The van der Waals surface area contributed by atoms with Gasteiger partial charge in [-0.25, -0.2) is 9.69 Å². The SMILES string of the molecule is CC(C)(C)OC(=O)N1C(=O)CC[C@H](O[Si](C)(C)C(C)(C)C)[C@H]1C#Cc1cccc(Br)c1. The number of piperidine rings is 1. The Morgan fingerprint density at radius 3 is 2.39 bits per heavy atom. The number of ether oxygens (including phenoxy) is 1. The van der Waals surface area contributed by atoms with Crippen molar-refractivity contribution in [1.29, 1.82) is 0 Å². The molecule has 7 heteroatoms. The van der Waals surface area contributed by atoms with Crippen LogP contribution < -0.4 is 0 Å². The summed E-state index contributed by atoms with van der Waals surface area (Å²) < 4.78 is 13.1. The van der Waals surface area contributed by atoms with Gasteiger partial charge in [0.25, 0.3) is 0 Å². The van der Waals surface area contributed by atoms with Crippen LogP contribution in [-0.2, 0) is 14.0 Å². The Balaban J connectivity index is 2.46. The van der Waals surface area contributed by atoms with Crippen LogP contribution >= 0.6 is 15.9 Å². The molecule has 0 aliphatic carbocycles. The van der Waals surface area contributed by atoms with Gasteiger partial charge in [-0.3, -0.25) is 4.79 Å². The van der Waals surface area contributed by atoms with E-state index in [2.05, 4.69) is 61.6 Å². The lowest BCUT2D eigenvalue weighted by molar-refractivity contribution is -0.137. The van der Waals surface area contributed by atoms with Crippen LogP contribution in [0, 0.1) is 11.8 Å². The monoisotopic (exact) mass is 507 g/mol. The number of amides is 2. The van der Waals surface area contributed by atoms with Crippen molar-refractivity contribution >= 4 is 36.2 Å². The average Bonchev–Trinajstić information content (AvgIpc) is 2.59. The van der Waals surface area contributed by atoms with E-state index < -0.39 is 26.1 Å². The topological polar surface area (TPSA) is 55.8 Å². The lowest BCUT2D eigenvalue weighted by Crippen LogP contribution is -2.58. The molecule has 0 unspecified atom stereocenters. The molecule has 31 heavy (non-hydrogen) atoms.